The number of ether oxygens (including phenoxy) is 2. The topological polar surface area (TPSA) is 189 Å². The molecule has 11 nitrogen and oxygen atoms in total. The van der Waals surface area contributed by atoms with Crippen molar-refractivity contribution in [1.29, 1.82) is 0 Å². The highest BCUT2D eigenvalue weighted by Crippen LogP contribution is 2.24. The second-order valence-corrected chi connectivity index (χ2v) is 24.6. The molecule has 9 unspecified atom stereocenters. The Labute approximate surface area is 498 Å². The van der Waals surface area contributed by atoms with Gasteiger partial charge in [0.25, 0.3) is 0 Å². The Kier molecular flexibility index (Phi) is 56.0. The fourth-order valence-corrected chi connectivity index (χ4v) is 11.3. The molecule has 1 aliphatic rings. The molecule has 9 atom stereocenters. The summed E-state index contributed by atoms with van der Waals surface area (Å²) in [6, 6.07) is -1.19. The molecule has 0 aromatic carbocycles. The fourth-order valence-electron chi connectivity index (χ4n) is 11.3. The zero-order valence-corrected chi connectivity index (χ0v) is 52.8. The Hall–Kier alpha value is -1.67. The van der Waals surface area contributed by atoms with E-state index in [2.05, 4.69) is 55.6 Å². The summed E-state index contributed by atoms with van der Waals surface area (Å²) in [4.78, 5) is 13.2. The molecule has 1 rings (SSSR count). The molecule has 0 bridgehead atoms. The number of hydrogen-bond donors (Lipinski definition) is 8. The Morgan fingerprint density at radius 2 is 0.741 bits per heavy atom. The summed E-state index contributed by atoms with van der Waals surface area (Å²) >= 11 is 0. The molecule has 1 amide bonds. The van der Waals surface area contributed by atoms with Crippen molar-refractivity contribution in [3.05, 3.63) is 36.5 Å². The van der Waals surface area contributed by atoms with Crippen molar-refractivity contribution in [2.45, 2.75) is 390 Å². The van der Waals surface area contributed by atoms with Gasteiger partial charge in [0.1, 0.15) is 36.6 Å². The van der Waals surface area contributed by atoms with Crippen LogP contribution in [0.4, 0.5) is 0 Å². The average Bonchev–Trinajstić information content (AvgIpc) is 3.51. The molecular formula is C70H133NO10. The van der Waals surface area contributed by atoms with Crippen LogP contribution in [-0.2, 0) is 14.3 Å². The van der Waals surface area contributed by atoms with Crippen molar-refractivity contribution in [2.75, 3.05) is 13.2 Å². The van der Waals surface area contributed by atoms with Crippen LogP contribution in [0.25, 0.3) is 0 Å². The Morgan fingerprint density at radius 3 is 1.10 bits per heavy atom. The van der Waals surface area contributed by atoms with E-state index in [1.54, 1.807) is 0 Å². The lowest BCUT2D eigenvalue weighted by atomic mass is 9.98. The van der Waals surface area contributed by atoms with Crippen molar-refractivity contribution >= 4 is 5.91 Å². The van der Waals surface area contributed by atoms with E-state index in [-0.39, 0.29) is 12.8 Å². The molecule has 1 heterocycles. The molecular weight excluding hydrogens is 1010 g/mol. The van der Waals surface area contributed by atoms with Crippen molar-refractivity contribution in [2.24, 2.45) is 0 Å². The van der Waals surface area contributed by atoms with Gasteiger partial charge in [-0.2, -0.15) is 0 Å². The first-order valence-corrected chi connectivity index (χ1v) is 34.9. The highest BCUT2D eigenvalue weighted by molar-refractivity contribution is 5.80. The average molecular weight is 1150 g/mol. The van der Waals surface area contributed by atoms with Gasteiger partial charge in [-0.3, -0.25) is 4.79 Å². The number of rotatable bonds is 61. The van der Waals surface area contributed by atoms with Crippen LogP contribution in [-0.4, -0.2) is 110 Å². The number of carbonyl (C=O) groups excluding carboxylic acids is 1. The summed E-state index contributed by atoms with van der Waals surface area (Å²) in [6.07, 6.45) is 63.7. The first kappa shape index (κ1) is 77.3. The molecule has 0 aliphatic carbocycles. The second kappa shape index (κ2) is 58.7. The van der Waals surface area contributed by atoms with E-state index < -0.39 is 74.2 Å². The molecule has 478 valence electrons. The van der Waals surface area contributed by atoms with Crippen LogP contribution in [0.2, 0.25) is 0 Å². The number of hydrogen-bond acceptors (Lipinski definition) is 10. The van der Waals surface area contributed by atoms with Gasteiger partial charge in [0.05, 0.1) is 25.4 Å². The number of carbonyl (C=O) groups is 1. The standard InChI is InChI=1S/C70H133NO10/c1-3-5-7-9-11-13-15-17-19-21-23-25-27-29-31-33-35-37-39-41-43-45-47-49-51-53-55-57-62(73)65(75)61(60-80-70-68(78)67(77)66(76)64(59-72)81-70)71-69(79)63(74)58-56-54-52-50-48-46-44-42-40-38-36-34-32-30-28-26-24-22-20-18-16-14-12-10-8-6-4-2/h30,32,41,43,49,51,61-68,70,72-78H,3-29,31,33-40,42,44-48,50,52-60H2,1-2H3,(H,71,79)/b32-30-,43-41+,51-49+. The van der Waals surface area contributed by atoms with Gasteiger partial charge in [0.2, 0.25) is 5.91 Å². The van der Waals surface area contributed by atoms with Crippen molar-refractivity contribution in [3.8, 4) is 0 Å². The van der Waals surface area contributed by atoms with Gasteiger partial charge in [-0.05, 0) is 77.0 Å². The molecule has 11 heteroatoms. The van der Waals surface area contributed by atoms with E-state index in [0.717, 1.165) is 38.5 Å². The smallest absolute Gasteiger partial charge is 0.249 e. The Morgan fingerprint density at radius 1 is 0.420 bits per heavy atom. The number of amides is 1. The predicted octanol–water partition coefficient (Wildman–Crippen LogP) is 16.6. The van der Waals surface area contributed by atoms with Gasteiger partial charge in [0, 0.05) is 0 Å². The second-order valence-electron chi connectivity index (χ2n) is 24.6. The summed E-state index contributed by atoms with van der Waals surface area (Å²) in [6.45, 7) is 3.49. The van der Waals surface area contributed by atoms with Crippen LogP contribution in [0.1, 0.15) is 335 Å². The number of unbranched alkanes of at least 4 members (excludes halogenated alkanes) is 43. The summed E-state index contributed by atoms with van der Waals surface area (Å²) in [5, 5.41) is 76.4. The minimum Gasteiger partial charge on any atom is -0.394 e. The minimum absolute atomic E-state index is 0.247. The van der Waals surface area contributed by atoms with Crippen LogP contribution < -0.4 is 5.32 Å². The molecule has 81 heavy (non-hydrogen) atoms. The first-order valence-electron chi connectivity index (χ1n) is 34.9. The van der Waals surface area contributed by atoms with Gasteiger partial charge in [0.15, 0.2) is 6.29 Å². The van der Waals surface area contributed by atoms with Crippen LogP contribution in [0.3, 0.4) is 0 Å². The summed E-state index contributed by atoms with van der Waals surface area (Å²) in [5.41, 5.74) is 0. The number of aliphatic hydroxyl groups excluding tert-OH is 7. The molecule has 8 N–H and O–H groups in total. The quantitative estimate of drug-likeness (QED) is 0.0215. The van der Waals surface area contributed by atoms with Crippen LogP contribution in [0, 0.1) is 0 Å². The summed E-state index contributed by atoms with van der Waals surface area (Å²) in [5.74, 6) is -0.707. The highest BCUT2D eigenvalue weighted by atomic mass is 16.7. The number of allylic oxidation sites excluding steroid dienone is 6. The zero-order chi connectivity index (χ0) is 58.9. The maximum absolute atomic E-state index is 13.2. The zero-order valence-electron chi connectivity index (χ0n) is 52.8. The minimum atomic E-state index is -1.67. The lowest BCUT2D eigenvalue weighted by molar-refractivity contribution is -0.303. The van der Waals surface area contributed by atoms with Gasteiger partial charge in [-0.1, -0.05) is 294 Å². The van der Waals surface area contributed by atoms with Crippen LogP contribution in [0.15, 0.2) is 36.5 Å². The molecule has 0 aromatic heterocycles. The van der Waals surface area contributed by atoms with E-state index in [1.807, 2.05) is 0 Å². The van der Waals surface area contributed by atoms with Crippen LogP contribution >= 0.6 is 0 Å². The Bertz CT molecular complexity index is 1410. The van der Waals surface area contributed by atoms with Gasteiger partial charge >= 0.3 is 0 Å². The lowest BCUT2D eigenvalue weighted by Gasteiger charge is -2.40. The van der Waals surface area contributed by atoms with Crippen molar-refractivity contribution in [3.63, 3.8) is 0 Å². The molecule has 1 saturated heterocycles. The SMILES string of the molecule is CCCCCCCCCCCCCC/C=C\CCCCCCCCCCCCCC(O)C(=O)NC(COC1OC(CO)C(O)C(O)C1O)C(O)C(O)CCC/C=C/CC/C=C/CCCCCCCCCCCCCCCCCCCC. The fraction of sp³-hybridized carbons (Fsp3) is 0.900. The molecule has 0 aromatic rings. The number of nitrogens with one attached hydrogen (secondary N) is 1. The maximum atomic E-state index is 13.2. The van der Waals surface area contributed by atoms with E-state index in [9.17, 15) is 40.5 Å². The maximum Gasteiger partial charge on any atom is 0.249 e. The monoisotopic (exact) mass is 1150 g/mol. The predicted molar refractivity (Wildman–Crippen MR) is 339 cm³/mol. The third-order valence-corrected chi connectivity index (χ3v) is 16.9. The molecule has 1 fully saturated rings. The number of aliphatic hydroxyl groups is 7. The largest absolute Gasteiger partial charge is 0.394 e. The normalized spacial score (nSPS) is 19.3. The Balaban J connectivity index is 2.24. The molecule has 0 saturated carbocycles. The highest BCUT2D eigenvalue weighted by Gasteiger charge is 2.44. The molecule has 0 radical (unpaired) electrons. The van der Waals surface area contributed by atoms with E-state index >= 15 is 0 Å². The van der Waals surface area contributed by atoms with Gasteiger partial charge < -0.3 is 50.5 Å². The third kappa shape index (κ3) is 46.3. The van der Waals surface area contributed by atoms with Crippen LogP contribution in [0.5, 0.6) is 0 Å². The van der Waals surface area contributed by atoms with E-state index in [0.29, 0.717) is 19.3 Å². The lowest BCUT2D eigenvalue weighted by Crippen LogP contribution is -2.60. The van der Waals surface area contributed by atoms with E-state index in [4.69, 9.17) is 9.47 Å². The molecule has 1 aliphatic heterocycles. The molecule has 0 spiro atoms. The van der Waals surface area contributed by atoms with E-state index in [1.165, 1.54) is 250 Å². The third-order valence-electron chi connectivity index (χ3n) is 16.9. The summed E-state index contributed by atoms with van der Waals surface area (Å²) in [7, 11) is 0. The summed E-state index contributed by atoms with van der Waals surface area (Å²) < 4.78 is 11.2. The first-order chi connectivity index (χ1) is 39.7. The van der Waals surface area contributed by atoms with Gasteiger partial charge in [-0.15, -0.1) is 0 Å². The van der Waals surface area contributed by atoms with Crippen molar-refractivity contribution < 1.29 is 50.0 Å². The van der Waals surface area contributed by atoms with Gasteiger partial charge in [-0.25, -0.2) is 0 Å². The van der Waals surface area contributed by atoms with Crippen molar-refractivity contribution in [1.82, 2.24) is 5.32 Å².